The minimum atomic E-state index is -0.406. The quantitative estimate of drug-likeness (QED) is 0.860. The summed E-state index contributed by atoms with van der Waals surface area (Å²) in [4.78, 5) is 21.4. The second-order valence-corrected chi connectivity index (χ2v) is 6.02. The number of aromatic nitrogens is 1. The first-order chi connectivity index (χ1) is 11.1. The van der Waals surface area contributed by atoms with Crippen LogP contribution in [0, 0.1) is 5.41 Å². The van der Waals surface area contributed by atoms with Gasteiger partial charge in [-0.1, -0.05) is 13.8 Å². The van der Waals surface area contributed by atoms with Crippen molar-refractivity contribution < 1.29 is 9.53 Å². The molecule has 2 rings (SSSR count). The molecule has 6 heteroatoms. The molecular formula is C17H28N4O2. The lowest BCUT2D eigenvalue weighted by molar-refractivity contribution is -0.142. The molecule has 0 radical (unpaired) electrons. The van der Waals surface area contributed by atoms with Crippen molar-refractivity contribution in [2.24, 2.45) is 11.1 Å². The number of methoxy groups -OCH3 is 1. The van der Waals surface area contributed by atoms with Crippen molar-refractivity contribution in [3.05, 3.63) is 18.3 Å². The van der Waals surface area contributed by atoms with Gasteiger partial charge in [-0.25, -0.2) is 4.98 Å². The van der Waals surface area contributed by atoms with Crippen molar-refractivity contribution in [2.45, 2.75) is 26.7 Å². The van der Waals surface area contributed by atoms with Crippen molar-refractivity contribution >= 4 is 11.7 Å². The van der Waals surface area contributed by atoms with E-state index in [0.29, 0.717) is 19.6 Å². The molecule has 1 saturated heterocycles. The van der Waals surface area contributed by atoms with E-state index >= 15 is 0 Å². The highest BCUT2D eigenvalue weighted by atomic mass is 16.5. The molecule has 1 amide bonds. The molecule has 1 aromatic heterocycles. The Hall–Kier alpha value is -1.82. The fourth-order valence-electron chi connectivity index (χ4n) is 3.10. The molecule has 1 aromatic rings. The fourth-order valence-corrected chi connectivity index (χ4v) is 3.10. The summed E-state index contributed by atoms with van der Waals surface area (Å²) in [6, 6.07) is 3.77. The first-order valence-corrected chi connectivity index (χ1v) is 8.34. The maximum Gasteiger partial charge on any atom is 0.230 e. The van der Waals surface area contributed by atoms with E-state index < -0.39 is 5.41 Å². The number of amides is 1. The van der Waals surface area contributed by atoms with E-state index in [-0.39, 0.29) is 5.91 Å². The van der Waals surface area contributed by atoms with Crippen LogP contribution in [0.5, 0.6) is 5.75 Å². The molecule has 0 aromatic carbocycles. The number of carbonyl (C=O) groups is 1. The molecule has 0 aliphatic carbocycles. The number of carbonyl (C=O) groups excluding carboxylic acids is 1. The lowest BCUT2D eigenvalue weighted by Gasteiger charge is -2.40. The van der Waals surface area contributed by atoms with Crippen molar-refractivity contribution in [3.63, 3.8) is 0 Å². The lowest BCUT2D eigenvalue weighted by atomic mass is 9.81. The van der Waals surface area contributed by atoms with Crippen LogP contribution >= 0.6 is 0 Å². The number of anilines is 1. The Morgan fingerprint density at radius 2 is 1.96 bits per heavy atom. The van der Waals surface area contributed by atoms with Crippen LogP contribution in [-0.4, -0.2) is 55.6 Å². The van der Waals surface area contributed by atoms with Crippen molar-refractivity contribution in [2.75, 3.05) is 44.7 Å². The number of hydrogen-bond donors (Lipinski definition) is 1. The highest BCUT2D eigenvalue weighted by Crippen LogP contribution is 2.29. The Kier molecular flexibility index (Phi) is 5.82. The van der Waals surface area contributed by atoms with Gasteiger partial charge in [0, 0.05) is 45.0 Å². The maximum atomic E-state index is 12.8. The van der Waals surface area contributed by atoms with Gasteiger partial charge >= 0.3 is 0 Å². The molecule has 0 unspecified atom stereocenters. The Morgan fingerprint density at radius 1 is 1.30 bits per heavy atom. The van der Waals surface area contributed by atoms with Gasteiger partial charge in [0.25, 0.3) is 0 Å². The summed E-state index contributed by atoms with van der Waals surface area (Å²) in [6.07, 6.45) is 3.33. The van der Waals surface area contributed by atoms with E-state index in [4.69, 9.17) is 10.5 Å². The van der Waals surface area contributed by atoms with Gasteiger partial charge in [-0.3, -0.25) is 4.79 Å². The average Bonchev–Trinajstić information content (AvgIpc) is 2.63. The smallest absolute Gasteiger partial charge is 0.230 e. The van der Waals surface area contributed by atoms with E-state index in [2.05, 4.69) is 9.88 Å². The van der Waals surface area contributed by atoms with Gasteiger partial charge in [-0.05, 0) is 18.9 Å². The van der Waals surface area contributed by atoms with Gasteiger partial charge in [0.05, 0.1) is 12.5 Å². The summed E-state index contributed by atoms with van der Waals surface area (Å²) >= 11 is 0. The Bertz CT molecular complexity index is 515. The summed E-state index contributed by atoms with van der Waals surface area (Å²) in [5.74, 6) is 1.89. The largest absolute Gasteiger partial charge is 0.497 e. The molecule has 2 heterocycles. The predicted octanol–water partition coefficient (Wildman–Crippen LogP) is 1.50. The van der Waals surface area contributed by atoms with Crippen LogP contribution in [0.3, 0.4) is 0 Å². The molecule has 1 aliphatic heterocycles. The molecular weight excluding hydrogens is 292 g/mol. The zero-order valence-corrected chi connectivity index (χ0v) is 14.4. The maximum absolute atomic E-state index is 12.8. The summed E-state index contributed by atoms with van der Waals surface area (Å²) in [6.45, 7) is 7.48. The topological polar surface area (TPSA) is 71.7 Å². The van der Waals surface area contributed by atoms with Crippen molar-refractivity contribution in [3.8, 4) is 5.75 Å². The van der Waals surface area contributed by atoms with Crippen LogP contribution in [0.15, 0.2) is 18.3 Å². The normalized spacial score (nSPS) is 15.7. The Morgan fingerprint density at radius 3 is 2.48 bits per heavy atom. The molecule has 1 fully saturated rings. The van der Waals surface area contributed by atoms with Gasteiger partial charge in [0.1, 0.15) is 11.6 Å². The second kappa shape index (κ2) is 7.64. The highest BCUT2D eigenvalue weighted by molar-refractivity contribution is 5.83. The third-order valence-corrected chi connectivity index (χ3v) is 5.04. The number of hydrogen-bond acceptors (Lipinski definition) is 5. The standard InChI is InChI=1S/C17H28N4O2/c1-4-17(5-2,13-18)16(22)21-10-8-20(9-11-21)15-12-14(23-3)6-7-19-15/h6-7,12H,4-5,8-11,13,18H2,1-3H3. The van der Waals surface area contributed by atoms with Crippen LogP contribution in [0.25, 0.3) is 0 Å². The van der Waals surface area contributed by atoms with Gasteiger partial charge in [0.15, 0.2) is 0 Å². The number of pyridine rings is 1. The number of rotatable bonds is 6. The highest BCUT2D eigenvalue weighted by Gasteiger charge is 2.37. The van der Waals surface area contributed by atoms with Crippen LogP contribution in [0.1, 0.15) is 26.7 Å². The van der Waals surface area contributed by atoms with Gasteiger partial charge < -0.3 is 20.3 Å². The Balaban J connectivity index is 2.01. The minimum absolute atomic E-state index is 0.197. The molecule has 0 spiro atoms. The average molecular weight is 320 g/mol. The number of ether oxygens (including phenoxy) is 1. The van der Waals surface area contributed by atoms with Gasteiger partial charge in [-0.15, -0.1) is 0 Å². The van der Waals surface area contributed by atoms with Crippen LogP contribution in [-0.2, 0) is 4.79 Å². The summed E-state index contributed by atoms with van der Waals surface area (Å²) in [5, 5.41) is 0. The van der Waals surface area contributed by atoms with Crippen LogP contribution in [0.2, 0.25) is 0 Å². The van der Waals surface area contributed by atoms with Gasteiger partial charge in [0.2, 0.25) is 5.91 Å². The molecule has 0 bridgehead atoms. The van der Waals surface area contributed by atoms with Gasteiger partial charge in [-0.2, -0.15) is 0 Å². The van der Waals surface area contributed by atoms with E-state index in [0.717, 1.165) is 37.5 Å². The summed E-state index contributed by atoms with van der Waals surface area (Å²) < 4.78 is 5.25. The number of nitrogens with two attached hydrogens (primary N) is 1. The van der Waals surface area contributed by atoms with Crippen LogP contribution in [0.4, 0.5) is 5.82 Å². The zero-order valence-electron chi connectivity index (χ0n) is 14.4. The van der Waals surface area contributed by atoms with Crippen molar-refractivity contribution in [1.82, 2.24) is 9.88 Å². The Labute approximate surface area is 138 Å². The fraction of sp³-hybridized carbons (Fsp3) is 0.647. The molecule has 1 aliphatic rings. The van der Waals surface area contributed by atoms with Crippen molar-refractivity contribution in [1.29, 1.82) is 0 Å². The summed E-state index contributed by atoms with van der Waals surface area (Å²) in [5.41, 5.74) is 5.50. The first kappa shape index (κ1) is 17.5. The molecule has 23 heavy (non-hydrogen) atoms. The summed E-state index contributed by atoms with van der Waals surface area (Å²) in [7, 11) is 1.65. The second-order valence-electron chi connectivity index (χ2n) is 6.02. The van der Waals surface area contributed by atoms with E-state index in [9.17, 15) is 4.79 Å². The minimum Gasteiger partial charge on any atom is -0.497 e. The molecule has 0 saturated carbocycles. The third-order valence-electron chi connectivity index (χ3n) is 5.04. The number of nitrogens with zero attached hydrogens (tertiary/aromatic N) is 3. The number of piperazine rings is 1. The van der Waals surface area contributed by atoms with E-state index in [1.807, 2.05) is 30.9 Å². The van der Waals surface area contributed by atoms with Crippen LogP contribution < -0.4 is 15.4 Å². The zero-order chi connectivity index (χ0) is 16.9. The van der Waals surface area contributed by atoms with E-state index in [1.54, 1.807) is 13.3 Å². The molecule has 2 N–H and O–H groups in total. The molecule has 6 nitrogen and oxygen atoms in total. The molecule has 128 valence electrons. The predicted molar refractivity (Wildman–Crippen MR) is 91.7 cm³/mol. The SMILES string of the molecule is CCC(CC)(CN)C(=O)N1CCN(c2cc(OC)ccn2)CC1. The first-order valence-electron chi connectivity index (χ1n) is 8.34. The lowest BCUT2D eigenvalue weighted by Crippen LogP contribution is -2.55. The monoisotopic (exact) mass is 320 g/mol. The molecule has 0 atom stereocenters. The van der Waals surface area contributed by atoms with E-state index in [1.165, 1.54) is 0 Å². The third kappa shape index (κ3) is 3.58.